The van der Waals surface area contributed by atoms with E-state index in [1.54, 1.807) is 4.90 Å². The van der Waals surface area contributed by atoms with Crippen molar-refractivity contribution in [3.8, 4) is 0 Å². The van der Waals surface area contributed by atoms with Crippen LogP contribution in [0.1, 0.15) is 0 Å². The molecule has 0 radical (unpaired) electrons. The van der Waals surface area contributed by atoms with E-state index in [-0.39, 0.29) is 6.61 Å². The van der Waals surface area contributed by atoms with Crippen molar-refractivity contribution in [1.82, 2.24) is 9.97 Å². The Balaban J connectivity index is 2.23. The largest absolute Gasteiger partial charge is 0.377 e. The molecule has 0 spiro atoms. The predicted octanol–water partition coefficient (Wildman–Crippen LogP) is -0.180. The van der Waals surface area contributed by atoms with Crippen molar-refractivity contribution >= 4 is 23.5 Å². The van der Waals surface area contributed by atoms with Gasteiger partial charge in [0.25, 0.3) is 0 Å². The van der Waals surface area contributed by atoms with Crippen molar-refractivity contribution in [3.05, 3.63) is 17.4 Å². The maximum atomic E-state index is 11.2. The number of carbonyl (C=O) groups is 1. The summed E-state index contributed by atoms with van der Waals surface area (Å²) >= 11 is 5.69. The van der Waals surface area contributed by atoms with Crippen LogP contribution in [-0.4, -0.2) is 41.7 Å². The van der Waals surface area contributed by atoms with Gasteiger partial charge in [0.15, 0.2) is 0 Å². The van der Waals surface area contributed by atoms with Crippen LogP contribution in [0.25, 0.3) is 0 Å². The fraction of sp³-hybridized carbons (Fsp3) is 0.444. The second kappa shape index (κ2) is 4.63. The van der Waals surface area contributed by atoms with E-state index in [1.165, 1.54) is 12.4 Å². The highest BCUT2D eigenvalue weighted by Gasteiger charge is 2.29. The highest BCUT2D eigenvalue weighted by Crippen LogP contribution is 2.15. The number of primary amides is 1. The fourth-order valence-corrected chi connectivity index (χ4v) is 1.63. The number of morpholine rings is 1. The Kier molecular flexibility index (Phi) is 3.21. The summed E-state index contributed by atoms with van der Waals surface area (Å²) in [5.41, 5.74) is 5.28. The minimum atomic E-state index is -0.519. The van der Waals surface area contributed by atoms with Crippen LogP contribution in [-0.2, 0) is 9.53 Å². The third-order valence-corrected chi connectivity index (χ3v) is 2.52. The number of rotatable bonds is 2. The van der Waals surface area contributed by atoms with Gasteiger partial charge in [0.1, 0.15) is 6.04 Å². The van der Waals surface area contributed by atoms with Gasteiger partial charge in [0.05, 0.1) is 30.6 Å². The van der Waals surface area contributed by atoms with Gasteiger partial charge in [-0.05, 0) is 0 Å². The lowest BCUT2D eigenvalue weighted by atomic mass is 10.2. The van der Waals surface area contributed by atoms with Gasteiger partial charge in [-0.25, -0.2) is 9.97 Å². The van der Waals surface area contributed by atoms with E-state index in [2.05, 4.69) is 9.97 Å². The molecule has 0 saturated carbocycles. The average Bonchev–Trinajstić information content (AvgIpc) is 2.30. The number of aromatic nitrogens is 2. The summed E-state index contributed by atoms with van der Waals surface area (Å²) in [4.78, 5) is 21.1. The van der Waals surface area contributed by atoms with E-state index >= 15 is 0 Å². The first-order valence-corrected chi connectivity index (χ1v) is 5.17. The van der Waals surface area contributed by atoms with Gasteiger partial charge in [0.2, 0.25) is 11.9 Å². The zero-order valence-corrected chi connectivity index (χ0v) is 9.22. The van der Waals surface area contributed by atoms with E-state index in [1.807, 2.05) is 0 Å². The van der Waals surface area contributed by atoms with E-state index in [0.717, 1.165) is 0 Å². The first kappa shape index (κ1) is 11.1. The lowest BCUT2D eigenvalue weighted by Crippen LogP contribution is -2.53. The van der Waals surface area contributed by atoms with Crippen molar-refractivity contribution in [1.29, 1.82) is 0 Å². The monoisotopic (exact) mass is 242 g/mol. The molecule has 1 saturated heterocycles. The standard InChI is InChI=1S/C9H11ClN4O2/c10-6-3-12-9(13-4-6)14-1-2-16-5-7(14)8(11)15/h3-4,7H,1-2,5H2,(H2,11,15)/t7-/m0/s1. The lowest BCUT2D eigenvalue weighted by Gasteiger charge is -2.33. The van der Waals surface area contributed by atoms with Gasteiger partial charge in [-0.15, -0.1) is 0 Å². The van der Waals surface area contributed by atoms with Crippen molar-refractivity contribution in [2.75, 3.05) is 24.7 Å². The SMILES string of the molecule is NC(=O)[C@@H]1COCCN1c1ncc(Cl)cn1. The summed E-state index contributed by atoms with van der Waals surface area (Å²) in [5.74, 6) is -0.00486. The van der Waals surface area contributed by atoms with Crippen molar-refractivity contribution in [3.63, 3.8) is 0 Å². The molecule has 6 nitrogen and oxygen atoms in total. The molecule has 86 valence electrons. The Hall–Kier alpha value is -1.40. The van der Waals surface area contributed by atoms with Crippen LogP contribution in [0, 0.1) is 0 Å². The summed E-state index contributed by atoms with van der Waals surface area (Å²) < 4.78 is 5.19. The van der Waals surface area contributed by atoms with Gasteiger partial charge in [0, 0.05) is 6.54 Å². The molecule has 0 aromatic carbocycles. The quantitative estimate of drug-likeness (QED) is 0.778. The van der Waals surface area contributed by atoms with E-state index in [0.29, 0.717) is 24.1 Å². The van der Waals surface area contributed by atoms with Crippen LogP contribution in [0.2, 0.25) is 5.02 Å². The lowest BCUT2D eigenvalue weighted by molar-refractivity contribution is -0.121. The van der Waals surface area contributed by atoms with Gasteiger partial charge in [-0.2, -0.15) is 0 Å². The van der Waals surface area contributed by atoms with Gasteiger partial charge >= 0.3 is 0 Å². The third-order valence-electron chi connectivity index (χ3n) is 2.32. The number of carbonyl (C=O) groups excluding carboxylic acids is 1. The van der Waals surface area contributed by atoms with Gasteiger partial charge in [-0.1, -0.05) is 11.6 Å². The molecular weight excluding hydrogens is 232 g/mol. The molecule has 1 aromatic rings. The highest BCUT2D eigenvalue weighted by molar-refractivity contribution is 6.30. The number of ether oxygens (including phenoxy) is 1. The number of halogens is 1. The number of amides is 1. The molecule has 1 amide bonds. The maximum Gasteiger partial charge on any atom is 0.242 e. The Morgan fingerprint density at radius 1 is 1.56 bits per heavy atom. The van der Waals surface area contributed by atoms with Gasteiger partial charge in [-0.3, -0.25) is 4.79 Å². The molecule has 2 rings (SSSR count). The number of anilines is 1. The minimum absolute atomic E-state index is 0.265. The van der Waals surface area contributed by atoms with Crippen molar-refractivity contribution in [2.24, 2.45) is 5.73 Å². The molecule has 1 atom stereocenters. The Morgan fingerprint density at radius 2 is 2.25 bits per heavy atom. The van der Waals surface area contributed by atoms with Crippen LogP contribution in [0.15, 0.2) is 12.4 Å². The summed E-state index contributed by atoms with van der Waals surface area (Å²) in [6, 6.07) is -0.519. The van der Waals surface area contributed by atoms with E-state index in [9.17, 15) is 4.79 Å². The normalized spacial score (nSPS) is 20.8. The average molecular weight is 243 g/mol. The second-order valence-electron chi connectivity index (χ2n) is 3.39. The summed E-state index contributed by atoms with van der Waals surface area (Å²) in [7, 11) is 0. The van der Waals surface area contributed by atoms with Crippen molar-refractivity contribution in [2.45, 2.75) is 6.04 Å². The Bertz CT molecular complexity index is 384. The molecular formula is C9H11ClN4O2. The van der Waals surface area contributed by atoms with Crippen LogP contribution < -0.4 is 10.6 Å². The molecule has 0 aliphatic carbocycles. The number of hydrogen-bond donors (Lipinski definition) is 1. The molecule has 7 heteroatoms. The van der Waals surface area contributed by atoms with Crippen LogP contribution in [0.3, 0.4) is 0 Å². The molecule has 2 N–H and O–H groups in total. The van der Waals surface area contributed by atoms with E-state index < -0.39 is 11.9 Å². The highest BCUT2D eigenvalue weighted by atomic mass is 35.5. The minimum Gasteiger partial charge on any atom is -0.377 e. The van der Waals surface area contributed by atoms with Crippen LogP contribution in [0.4, 0.5) is 5.95 Å². The summed E-state index contributed by atoms with van der Waals surface area (Å²) in [5, 5.41) is 0.452. The van der Waals surface area contributed by atoms with Crippen LogP contribution in [0.5, 0.6) is 0 Å². The Morgan fingerprint density at radius 3 is 2.88 bits per heavy atom. The topological polar surface area (TPSA) is 81.3 Å². The zero-order valence-electron chi connectivity index (χ0n) is 8.47. The maximum absolute atomic E-state index is 11.2. The van der Waals surface area contributed by atoms with Crippen LogP contribution >= 0.6 is 11.6 Å². The third kappa shape index (κ3) is 2.23. The van der Waals surface area contributed by atoms with Crippen molar-refractivity contribution < 1.29 is 9.53 Å². The first-order valence-electron chi connectivity index (χ1n) is 4.80. The van der Waals surface area contributed by atoms with Gasteiger partial charge < -0.3 is 15.4 Å². The predicted molar refractivity (Wildman–Crippen MR) is 58.2 cm³/mol. The zero-order chi connectivity index (χ0) is 11.5. The Labute approximate surface area is 97.4 Å². The first-order chi connectivity index (χ1) is 7.68. The molecule has 0 unspecified atom stereocenters. The number of nitrogens with two attached hydrogens (primary N) is 1. The molecule has 1 aliphatic rings. The molecule has 1 aromatic heterocycles. The fourth-order valence-electron chi connectivity index (χ4n) is 1.53. The summed E-state index contributed by atoms with van der Waals surface area (Å²) in [6.07, 6.45) is 2.97. The molecule has 1 aliphatic heterocycles. The van der Waals surface area contributed by atoms with E-state index in [4.69, 9.17) is 22.1 Å². The number of hydrogen-bond acceptors (Lipinski definition) is 5. The second-order valence-corrected chi connectivity index (χ2v) is 3.82. The molecule has 0 bridgehead atoms. The smallest absolute Gasteiger partial charge is 0.242 e. The molecule has 16 heavy (non-hydrogen) atoms. The molecule has 1 fully saturated rings. The summed E-state index contributed by atoms with van der Waals surface area (Å²) in [6.45, 7) is 1.33. The molecule has 2 heterocycles. The number of nitrogens with zero attached hydrogens (tertiary/aromatic N) is 3.